The largest absolute Gasteiger partial charge is 0.378 e. The molecule has 0 unspecified atom stereocenters. The number of hydrogen-bond donors (Lipinski definition) is 4. The van der Waals surface area contributed by atoms with Crippen molar-refractivity contribution in [3.8, 4) is 0 Å². The van der Waals surface area contributed by atoms with Gasteiger partial charge in [0.25, 0.3) is 5.56 Å². The smallest absolute Gasteiger partial charge is 0.259 e. The Labute approximate surface area is 197 Å². The molecule has 33 heavy (non-hydrogen) atoms. The van der Waals surface area contributed by atoms with E-state index in [2.05, 4.69) is 52.2 Å². The number of hydrogen-bond acceptors (Lipinski definition) is 7. The Balaban J connectivity index is 1.51. The number of ether oxygens (including phenoxy) is 1. The molecule has 1 fully saturated rings. The van der Waals surface area contributed by atoms with Crippen LogP contribution in [0.2, 0.25) is 0 Å². The zero-order chi connectivity index (χ0) is 22.8. The summed E-state index contributed by atoms with van der Waals surface area (Å²) in [5.41, 5.74) is 3.87. The number of benzene rings is 2. The normalized spacial score (nSPS) is 13.8. The zero-order valence-corrected chi connectivity index (χ0v) is 19.2. The molecular formula is C25H25N5O2S. The molecule has 0 atom stereocenters. The molecule has 3 N–H and O–H groups in total. The Morgan fingerprint density at radius 1 is 1.06 bits per heavy atom. The second-order valence-corrected chi connectivity index (χ2v) is 8.48. The van der Waals surface area contributed by atoms with E-state index in [4.69, 9.17) is 9.72 Å². The van der Waals surface area contributed by atoms with Gasteiger partial charge in [-0.2, -0.15) is 0 Å². The number of aryl methyl sites for hydroxylation is 1. The van der Waals surface area contributed by atoms with Gasteiger partial charge in [0.1, 0.15) is 11.6 Å². The van der Waals surface area contributed by atoms with Gasteiger partial charge in [0, 0.05) is 35.6 Å². The van der Waals surface area contributed by atoms with Crippen LogP contribution in [0, 0.1) is 6.92 Å². The lowest BCUT2D eigenvalue weighted by Crippen LogP contribution is -2.36. The van der Waals surface area contributed by atoms with Gasteiger partial charge in [-0.1, -0.05) is 12.1 Å². The van der Waals surface area contributed by atoms with Crippen LogP contribution in [0.25, 0.3) is 10.8 Å². The molecule has 2 aromatic heterocycles. The highest BCUT2D eigenvalue weighted by Gasteiger charge is 2.15. The molecule has 5 rings (SSSR count). The highest BCUT2D eigenvalue weighted by molar-refractivity contribution is 7.80. The molecule has 1 aliphatic rings. The van der Waals surface area contributed by atoms with E-state index in [1.54, 1.807) is 6.20 Å². The number of H-pyrrole nitrogens is 1. The summed E-state index contributed by atoms with van der Waals surface area (Å²) in [6, 6.07) is 17.7. The van der Waals surface area contributed by atoms with Crippen molar-refractivity contribution in [2.45, 2.75) is 11.8 Å². The van der Waals surface area contributed by atoms with E-state index in [0.717, 1.165) is 53.5 Å². The van der Waals surface area contributed by atoms with Crippen LogP contribution in [0.4, 0.5) is 28.7 Å². The second-order valence-electron chi connectivity index (χ2n) is 7.99. The number of pyridine rings is 2. The number of para-hydroxylation sites is 1. The summed E-state index contributed by atoms with van der Waals surface area (Å²) < 4.78 is 5.47. The first-order chi connectivity index (χ1) is 16.1. The lowest BCUT2D eigenvalue weighted by Gasteiger charge is -2.30. The minimum atomic E-state index is -0.190. The van der Waals surface area contributed by atoms with Gasteiger partial charge in [0.15, 0.2) is 0 Å². The molecule has 0 aliphatic carbocycles. The molecule has 7 nitrogen and oxygen atoms in total. The Hall–Kier alpha value is -3.49. The number of nitrogens with zero attached hydrogens (tertiary/aromatic N) is 2. The molecule has 1 aliphatic heterocycles. The van der Waals surface area contributed by atoms with Crippen LogP contribution in [-0.2, 0) is 4.74 Å². The predicted octanol–water partition coefficient (Wildman–Crippen LogP) is 4.84. The average molecular weight is 460 g/mol. The maximum atomic E-state index is 12.7. The molecule has 0 saturated carbocycles. The summed E-state index contributed by atoms with van der Waals surface area (Å²) in [7, 11) is 0. The van der Waals surface area contributed by atoms with Gasteiger partial charge >= 0.3 is 0 Å². The second kappa shape index (κ2) is 9.17. The molecule has 2 aromatic carbocycles. The molecule has 4 aromatic rings. The van der Waals surface area contributed by atoms with Crippen LogP contribution in [0.5, 0.6) is 0 Å². The van der Waals surface area contributed by atoms with Gasteiger partial charge in [0.2, 0.25) is 0 Å². The number of morpholine rings is 1. The van der Waals surface area contributed by atoms with Crippen LogP contribution < -0.4 is 21.1 Å². The van der Waals surface area contributed by atoms with E-state index in [9.17, 15) is 4.79 Å². The first kappa shape index (κ1) is 21.4. The van der Waals surface area contributed by atoms with E-state index < -0.39 is 0 Å². The SMILES string of the molecule is Cc1cc(Nc2nc(Nc3ccccc3S)cc3cc[nH]c(=O)c23)ccc1N1CCOCC1. The number of aromatic amines is 1. The van der Waals surface area contributed by atoms with E-state index in [1.807, 2.05) is 42.5 Å². The van der Waals surface area contributed by atoms with Crippen molar-refractivity contribution in [3.63, 3.8) is 0 Å². The molecular weight excluding hydrogens is 434 g/mol. The van der Waals surface area contributed by atoms with Gasteiger partial charge in [-0.05, 0) is 60.3 Å². The zero-order valence-electron chi connectivity index (χ0n) is 18.3. The monoisotopic (exact) mass is 459 g/mol. The third-order valence-electron chi connectivity index (χ3n) is 5.73. The van der Waals surface area contributed by atoms with Crippen molar-refractivity contribution in [1.29, 1.82) is 0 Å². The van der Waals surface area contributed by atoms with Crippen LogP contribution in [0.15, 0.2) is 70.5 Å². The van der Waals surface area contributed by atoms with Crippen molar-refractivity contribution in [2.24, 2.45) is 0 Å². The number of thiol groups is 1. The van der Waals surface area contributed by atoms with E-state index in [0.29, 0.717) is 17.0 Å². The molecule has 0 spiro atoms. The highest BCUT2D eigenvalue weighted by Crippen LogP contribution is 2.30. The minimum absolute atomic E-state index is 0.190. The third-order valence-corrected chi connectivity index (χ3v) is 6.12. The molecule has 1 saturated heterocycles. The summed E-state index contributed by atoms with van der Waals surface area (Å²) in [6.45, 7) is 5.35. The quantitative estimate of drug-likeness (QED) is 0.320. The van der Waals surface area contributed by atoms with Crippen molar-refractivity contribution < 1.29 is 4.74 Å². The lowest BCUT2D eigenvalue weighted by molar-refractivity contribution is 0.122. The fourth-order valence-electron chi connectivity index (χ4n) is 4.11. The fourth-order valence-corrected chi connectivity index (χ4v) is 4.33. The average Bonchev–Trinajstić information content (AvgIpc) is 2.81. The highest BCUT2D eigenvalue weighted by atomic mass is 32.1. The summed E-state index contributed by atoms with van der Waals surface area (Å²) in [4.78, 5) is 23.3. The minimum Gasteiger partial charge on any atom is -0.378 e. The Morgan fingerprint density at radius 2 is 1.88 bits per heavy atom. The fraction of sp³-hybridized carbons (Fsp3) is 0.200. The first-order valence-electron chi connectivity index (χ1n) is 10.9. The van der Waals surface area contributed by atoms with E-state index >= 15 is 0 Å². The van der Waals surface area contributed by atoms with Crippen molar-refractivity contribution in [3.05, 3.63) is 76.7 Å². The summed E-state index contributed by atoms with van der Waals surface area (Å²) in [5.74, 6) is 1.12. The van der Waals surface area contributed by atoms with Gasteiger partial charge in [-0.25, -0.2) is 4.98 Å². The molecule has 0 bridgehead atoms. The molecule has 0 radical (unpaired) electrons. The van der Waals surface area contributed by atoms with Crippen LogP contribution in [0.3, 0.4) is 0 Å². The van der Waals surface area contributed by atoms with Crippen molar-refractivity contribution >= 4 is 52.1 Å². The Kier molecular flexibility index (Phi) is 5.93. The first-order valence-corrected chi connectivity index (χ1v) is 11.3. The summed E-state index contributed by atoms with van der Waals surface area (Å²) in [6.07, 6.45) is 1.64. The van der Waals surface area contributed by atoms with Crippen molar-refractivity contribution in [2.75, 3.05) is 41.8 Å². The number of fused-ring (bicyclic) bond motifs is 1. The van der Waals surface area contributed by atoms with E-state index in [-0.39, 0.29) is 5.56 Å². The third kappa shape index (κ3) is 4.53. The topological polar surface area (TPSA) is 82.3 Å². The number of aromatic nitrogens is 2. The predicted molar refractivity (Wildman–Crippen MR) is 137 cm³/mol. The number of rotatable bonds is 5. The van der Waals surface area contributed by atoms with Crippen molar-refractivity contribution in [1.82, 2.24) is 9.97 Å². The Bertz CT molecular complexity index is 1360. The molecule has 168 valence electrons. The van der Waals surface area contributed by atoms with Gasteiger partial charge < -0.3 is 25.3 Å². The maximum absolute atomic E-state index is 12.7. The van der Waals surface area contributed by atoms with Gasteiger partial charge in [0.05, 0.1) is 24.3 Å². The van der Waals surface area contributed by atoms with Gasteiger partial charge in [-0.3, -0.25) is 4.79 Å². The molecule has 0 amide bonds. The summed E-state index contributed by atoms with van der Waals surface area (Å²) >= 11 is 4.52. The number of nitrogens with one attached hydrogen (secondary N) is 3. The standard InChI is InChI=1S/C25H25N5O2S/c1-16-14-18(6-7-20(16)30-10-12-32-13-11-30)27-24-23-17(8-9-26-25(23)31)15-22(29-24)28-19-4-2-3-5-21(19)33/h2-9,14-15,33H,10-13H2,1H3,(H,26,31)(H2,27,28,29). The molecule has 3 heterocycles. The van der Waals surface area contributed by atoms with E-state index in [1.165, 1.54) is 5.69 Å². The van der Waals surface area contributed by atoms with Crippen LogP contribution >= 0.6 is 12.6 Å². The van der Waals surface area contributed by atoms with Crippen LogP contribution in [0.1, 0.15) is 5.56 Å². The lowest BCUT2D eigenvalue weighted by atomic mass is 10.1. The Morgan fingerprint density at radius 3 is 2.67 bits per heavy atom. The molecule has 8 heteroatoms. The van der Waals surface area contributed by atoms with Gasteiger partial charge in [-0.15, -0.1) is 12.6 Å². The summed E-state index contributed by atoms with van der Waals surface area (Å²) in [5, 5.41) is 7.98. The maximum Gasteiger partial charge on any atom is 0.259 e. The van der Waals surface area contributed by atoms with Crippen LogP contribution in [-0.4, -0.2) is 36.3 Å². The number of anilines is 5.